The number of benzene rings is 1. The van der Waals surface area contributed by atoms with E-state index in [1.54, 1.807) is 24.6 Å². The van der Waals surface area contributed by atoms with Gasteiger partial charge in [-0.2, -0.15) is 0 Å². The number of nitro benzene ring substituents is 1. The van der Waals surface area contributed by atoms with Gasteiger partial charge in [0.25, 0.3) is 5.69 Å². The second kappa shape index (κ2) is 4.80. The maximum atomic E-state index is 11.2. The van der Waals surface area contributed by atoms with Crippen LogP contribution < -0.4 is 0 Å². The van der Waals surface area contributed by atoms with Crippen LogP contribution in [0.1, 0.15) is 24.4 Å². The van der Waals surface area contributed by atoms with E-state index < -0.39 is 0 Å². The zero-order valence-electron chi connectivity index (χ0n) is 13.1. The Morgan fingerprint density at radius 2 is 2.21 bits per heavy atom. The molecule has 24 heavy (non-hydrogen) atoms. The Kier molecular flexibility index (Phi) is 2.79. The van der Waals surface area contributed by atoms with Crippen LogP contribution in [0, 0.1) is 16.0 Å². The summed E-state index contributed by atoms with van der Waals surface area (Å²) in [7, 11) is 0. The number of aromatic nitrogens is 1. The van der Waals surface area contributed by atoms with E-state index in [0.29, 0.717) is 12.5 Å². The smallest absolute Gasteiger partial charge is 0.270 e. The van der Waals surface area contributed by atoms with Crippen molar-refractivity contribution < 1.29 is 9.66 Å². The van der Waals surface area contributed by atoms with Crippen molar-refractivity contribution in [2.24, 2.45) is 10.9 Å². The highest BCUT2D eigenvalue weighted by atomic mass is 16.6. The Morgan fingerprint density at radius 1 is 1.38 bits per heavy atom. The second-order valence-corrected chi connectivity index (χ2v) is 6.96. The Labute approximate surface area is 138 Å². The zero-order chi connectivity index (χ0) is 16.3. The van der Waals surface area contributed by atoms with Crippen LogP contribution in [0.4, 0.5) is 5.69 Å². The second-order valence-electron chi connectivity index (χ2n) is 6.96. The minimum absolute atomic E-state index is 0.0863. The summed E-state index contributed by atoms with van der Waals surface area (Å²) in [5.74, 6) is 0.485. The number of H-pyrrole nitrogens is 1. The van der Waals surface area contributed by atoms with Crippen molar-refractivity contribution in [1.82, 2.24) is 9.88 Å². The molecule has 0 aliphatic carbocycles. The fourth-order valence-electron chi connectivity index (χ4n) is 4.84. The summed E-state index contributed by atoms with van der Waals surface area (Å²) in [6, 6.07) is 5.09. The summed E-state index contributed by atoms with van der Waals surface area (Å²) in [5.41, 5.74) is 1.81. The van der Waals surface area contributed by atoms with Crippen molar-refractivity contribution in [3.8, 4) is 0 Å². The van der Waals surface area contributed by atoms with Crippen LogP contribution in [-0.2, 0) is 4.74 Å². The lowest BCUT2D eigenvalue weighted by Crippen LogP contribution is -2.62. The molecule has 6 rings (SSSR count). The maximum absolute atomic E-state index is 11.2. The zero-order valence-corrected chi connectivity index (χ0v) is 13.1. The van der Waals surface area contributed by atoms with E-state index in [9.17, 15) is 10.1 Å². The average molecular weight is 326 g/mol. The monoisotopic (exact) mass is 326 g/mol. The summed E-state index contributed by atoms with van der Waals surface area (Å²) < 4.78 is 6.10. The molecule has 124 valence electrons. The van der Waals surface area contributed by atoms with Gasteiger partial charge in [-0.05, 0) is 37.6 Å². The Morgan fingerprint density at radius 3 is 2.92 bits per heavy atom. The summed E-state index contributed by atoms with van der Waals surface area (Å²) in [4.78, 5) is 20.9. The largest absolute Gasteiger partial charge is 0.473 e. The fourth-order valence-corrected chi connectivity index (χ4v) is 4.84. The molecule has 2 aromatic rings. The number of ether oxygens (including phenoxy) is 1. The van der Waals surface area contributed by atoms with Gasteiger partial charge in [-0.25, -0.2) is 0 Å². The van der Waals surface area contributed by atoms with Gasteiger partial charge in [-0.3, -0.25) is 20.0 Å². The molecule has 3 fully saturated rings. The van der Waals surface area contributed by atoms with E-state index in [-0.39, 0.29) is 22.3 Å². The van der Waals surface area contributed by atoms with E-state index in [1.807, 2.05) is 6.20 Å². The molecular formula is C17H18N4O3. The van der Waals surface area contributed by atoms with E-state index in [4.69, 9.17) is 4.74 Å². The number of non-ortho nitro benzene ring substituents is 1. The normalized spacial score (nSPS) is 34.1. The number of aliphatic imine (C=N–C) groups is 1. The number of nitrogens with zero attached hydrogens (tertiary/aromatic N) is 3. The van der Waals surface area contributed by atoms with Crippen LogP contribution in [0.5, 0.6) is 0 Å². The average Bonchev–Trinajstić information content (AvgIpc) is 3.24. The molecular weight excluding hydrogens is 308 g/mol. The lowest BCUT2D eigenvalue weighted by molar-refractivity contribution is -0.384. The van der Waals surface area contributed by atoms with Gasteiger partial charge in [0.15, 0.2) is 12.0 Å². The lowest BCUT2D eigenvalue weighted by atomic mass is 9.68. The molecule has 2 atom stereocenters. The van der Waals surface area contributed by atoms with Crippen LogP contribution in [0.15, 0.2) is 29.4 Å². The third kappa shape index (κ3) is 1.73. The molecule has 7 heteroatoms. The van der Waals surface area contributed by atoms with Crippen molar-refractivity contribution in [2.45, 2.75) is 24.5 Å². The number of hydrogen-bond donors (Lipinski definition) is 1. The Balaban J connectivity index is 1.68. The molecule has 1 N–H and O–H groups in total. The SMILES string of the molecule is O=[N+]([O-])c1ccc2[nH]cc([C@H]3N4CCC(CC4)C34CN=CO4)c2c1. The fraction of sp³-hybridized carbons (Fsp3) is 0.471. The van der Waals surface area contributed by atoms with Gasteiger partial charge in [0.1, 0.15) is 0 Å². The highest BCUT2D eigenvalue weighted by molar-refractivity contribution is 5.86. The molecule has 4 aliphatic rings. The third-order valence-electron chi connectivity index (χ3n) is 5.94. The topological polar surface area (TPSA) is 83.8 Å². The van der Waals surface area contributed by atoms with Gasteiger partial charge in [0, 0.05) is 35.2 Å². The number of nitro groups is 1. The number of fused-ring (bicyclic) bond motifs is 3. The van der Waals surface area contributed by atoms with Gasteiger partial charge in [-0.15, -0.1) is 0 Å². The minimum atomic E-state index is -0.339. The molecule has 5 heterocycles. The molecule has 1 aromatic carbocycles. The highest BCUT2D eigenvalue weighted by Gasteiger charge is 2.57. The molecule has 7 nitrogen and oxygen atoms in total. The maximum Gasteiger partial charge on any atom is 0.270 e. The van der Waals surface area contributed by atoms with Gasteiger partial charge in [-0.1, -0.05) is 0 Å². The molecule has 1 spiro atoms. The molecule has 0 radical (unpaired) electrons. The summed E-state index contributed by atoms with van der Waals surface area (Å²) in [6.07, 6.45) is 5.83. The number of aromatic amines is 1. The van der Waals surface area contributed by atoms with Crippen molar-refractivity contribution in [3.05, 3.63) is 40.1 Å². The molecule has 3 saturated heterocycles. The number of rotatable bonds is 2. The van der Waals surface area contributed by atoms with E-state index >= 15 is 0 Å². The number of hydrogen-bond acceptors (Lipinski definition) is 5. The predicted octanol–water partition coefficient (Wildman–Crippen LogP) is 2.64. The first-order valence-electron chi connectivity index (χ1n) is 8.35. The summed E-state index contributed by atoms with van der Waals surface area (Å²) >= 11 is 0. The predicted molar refractivity (Wildman–Crippen MR) is 89.2 cm³/mol. The quantitative estimate of drug-likeness (QED) is 0.679. The first kappa shape index (κ1) is 14.0. The third-order valence-corrected chi connectivity index (χ3v) is 5.94. The highest BCUT2D eigenvalue weighted by Crippen LogP contribution is 2.52. The molecule has 4 aliphatic heterocycles. The molecule has 0 amide bonds. The van der Waals surface area contributed by atoms with E-state index in [2.05, 4.69) is 14.9 Å². The Hall–Kier alpha value is -2.41. The van der Waals surface area contributed by atoms with Gasteiger partial charge >= 0.3 is 0 Å². The van der Waals surface area contributed by atoms with Gasteiger partial charge < -0.3 is 9.72 Å². The van der Waals surface area contributed by atoms with E-state index in [0.717, 1.165) is 42.4 Å². The minimum Gasteiger partial charge on any atom is -0.473 e. The van der Waals surface area contributed by atoms with Crippen LogP contribution in [-0.4, -0.2) is 46.4 Å². The lowest BCUT2D eigenvalue weighted by Gasteiger charge is -2.55. The van der Waals surface area contributed by atoms with Crippen LogP contribution in [0.25, 0.3) is 10.9 Å². The number of piperidine rings is 3. The first-order chi connectivity index (χ1) is 11.7. The van der Waals surface area contributed by atoms with Crippen LogP contribution in [0.3, 0.4) is 0 Å². The molecule has 0 saturated carbocycles. The van der Waals surface area contributed by atoms with E-state index in [1.165, 1.54) is 0 Å². The Bertz CT molecular complexity index is 843. The molecule has 1 aromatic heterocycles. The van der Waals surface area contributed by atoms with Crippen molar-refractivity contribution in [1.29, 1.82) is 0 Å². The van der Waals surface area contributed by atoms with Crippen LogP contribution in [0.2, 0.25) is 0 Å². The standard InChI is InChI=1S/C17H18N4O3/c22-21(23)12-1-2-15-13(7-12)14(8-19-15)16-17(9-18-10-24-17)11-3-5-20(16)6-4-11/h1-2,7-8,10-11,16,19H,3-6,9H2/t16-,17?/m1/s1. The molecule has 1 unspecified atom stereocenters. The number of nitrogens with one attached hydrogen (secondary N) is 1. The van der Waals surface area contributed by atoms with Gasteiger partial charge in [0.2, 0.25) is 0 Å². The summed E-state index contributed by atoms with van der Waals surface area (Å²) in [5, 5.41) is 12.1. The van der Waals surface area contributed by atoms with Crippen molar-refractivity contribution in [3.63, 3.8) is 0 Å². The van der Waals surface area contributed by atoms with Gasteiger partial charge in [0.05, 0.1) is 17.5 Å². The first-order valence-corrected chi connectivity index (χ1v) is 8.35. The summed E-state index contributed by atoms with van der Waals surface area (Å²) in [6.45, 7) is 2.75. The van der Waals surface area contributed by atoms with Crippen molar-refractivity contribution >= 4 is 23.0 Å². The molecule has 2 bridgehead atoms. The van der Waals surface area contributed by atoms with Crippen LogP contribution >= 0.6 is 0 Å². The van der Waals surface area contributed by atoms with Crippen molar-refractivity contribution in [2.75, 3.05) is 19.6 Å².